The van der Waals surface area contributed by atoms with E-state index in [9.17, 15) is 9.18 Å². The molecule has 4 heterocycles. The van der Waals surface area contributed by atoms with Crippen LogP contribution in [0.2, 0.25) is 0 Å². The van der Waals surface area contributed by atoms with E-state index in [-0.39, 0.29) is 24.2 Å². The molecular weight excluding hydrogens is 543 g/mol. The number of carbonyl (C=O) groups is 1. The monoisotopic (exact) mass is 568 g/mol. The Morgan fingerprint density at radius 1 is 1.17 bits per heavy atom. The lowest BCUT2D eigenvalue weighted by Gasteiger charge is -2.27. The third kappa shape index (κ3) is 5.68. The fourth-order valence-electron chi connectivity index (χ4n) is 4.65. The van der Waals surface area contributed by atoms with Gasteiger partial charge in [-0.1, -0.05) is 36.4 Å². The number of nitrogens with zero attached hydrogens (tertiary/aromatic N) is 4. The molecule has 8 nitrogen and oxygen atoms in total. The number of fused-ring (bicyclic) bond motifs is 1. The molecule has 0 saturated carbocycles. The molecule has 3 aromatic heterocycles. The number of halogens is 1. The number of ether oxygens (including phenoxy) is 3. The third-order valence-corrected chi connectivity index (χ3v) is 7.98. The topological polar surface area (TPSA) is 99.3 Å². The normalized spacial score (nSPS) is 14.4. The number of nitriles is 1. The Hall–Kier alpha value is -4.59. The average Bonchev–Trinajstić information content (AvgIpc) is 3.52. The van der Waals surface area contributed by atoms with Crippen LogP contribution in [0.4, 0.5) is 4.39 Å². The smallest absolute Gasteiger partial charge is 0.348 e. The van der Waals surface area contributed by atoms with Crippen molar-refractivity contribution in [1.29, 1.82) is 5.26 Å². The number of esters is 1. The molecule has 0 spiro atoms. The SMILES string of the molecule is COC(=O)c1cc2c(nc(Cc3ccc(-c4cccc(OCc5ccc(C#N)cc5F)n4)cc3)n2C[C@@H]2CCO2)s1. The van der Waals surface area contributed by atoms with Crippen molar-refractivity contribution < 1.29 is 23.4 Å². The maximum atomic E-state index is 14.2. The quantitative estimate of drug-likeness (QED) is 0.204. The third-order valence-electron chi connectivity index (χ3n) is 6.99. The summed E-state index contributed by atoms with van der Waals surface area (Å²) in [5.41, 5.74) is 4.26. The highest BCUT2D eigenvalue weighted by molar-refractivity contribution is 7.20. The summed E-state index contributed by atoms with van der Waals surface area (Å²) in [4.78, 5) is 22.8. The van der Waals surface area contributed by atoms with E-state index in [1.54, 1.807) is 18.2 Å². The van der Waals surface area contributed by atoms with Crippen LogP contribution in [0.15, 0.2) is 66.7 Å². The maximum absolute atomic E-state index is 14.2. The number of thiophene rings is 1. The first-order valence-electron chi connectivity index (χ1n) is 13.1. The Balaban J connectivity index is 1.18. The Labute approximate surface area is 239 Å². The van der Waals surface area contributed by atoms with Gasteiger partial charge in [0.1, 0.15) is 28.0 Å². The van der Waals surface area contributed by atoms with Crippen molar-refractivity contribution in [2.75, 3.05) is 13.7 Å². The number of hydrogen-bond donors (Lipinski definition) is 0. The van der Waals surface area contributed by atoms with Crippen molar-refractivity contribution in [2.45, 2.75) is 32.1 Å². The van der Waals surface area contributed by atoms with E-state index in [1.807, 2.05) is 48.5 Å². The lowest BCUT2D eigenvalue weighted by atomic mass is 10.1. The summed E-state index contributed by atoms with van der Waals surface area (Å²) in [6, 6.07) is 21.6. The zero-order valence-electron chi connectivity index (χ0n) is 22.2. The molecule has 0 bridgehead atoms. The zero-order valence-corrected chi connectivity index (χ0v) is 23.0. The number of hydrogen-bond acceptors (Lipinski definition) is 8. The molecule has 2 aromatic carbocycles. The number of carbonyl (C=O) groups excluding carboxylic acids is 1. The van der Waals surface area contributed by atoms with Gasteiger partial charge in [0.15, 0.2) is 0 Å². The molecule has 206 valence electrons. The fraction of sp³-hybridized carbons (Fsp3) is 0.226. The Kier molecular flexibility index (Phi) is 7.46. The van der Waals surface area contributed by atoms with Crippen LogP contribution in [-0.2, 0) is 29.0 Å². The summed E-state index contributed by atoms with van der Waals surface area (Å²) in [5.74, 6) is 0.443. The first kappa shape index (κ1) is 26.6. The van der Waals surface area contributed by atoms with Gasteiger partial charge in [-0.15, -0.1) is 11.3 Å². The summed E-state index contributed by atoms with van der Waals surface area (Å²) in [7, 11) is 1.38. The Morgan fingerprint density at radius 2 is 2.00 bits per heavy atom. The van der Waals surface area contributed by atoms with Gasteiger partial charge in [-0.2, -0.15) is 5.26 Å². The van der Waals surface area contributed by atoms with E-state index in [2.05, 4.69) is 9.55 Å². The molecule has 1 saturated heterocycles. The molecule has 5 aromatic rings. The fourth-order valence-corrected chi connectivity index (χ4v) is 5.62. The van der Waals surface area contributed by atoms with Crippen LogP contribution in [-0.4, -0.2) is 40.3 Å². The van der Waals surface area contributed by atoms with Crippen LogP contribution in [0, 0.1) is 17.1 Å². The van der Waals surface area contributed by atoms with Crippen LogP contribution in [0.3, 0.4) is 0 Å². The van der Waals surface area contributed by atoms with E-state index in [0.717, 1.165) is 46.0 Å². The number of methoxy groups -OCH3 is 1. The van der Waals surface area contributed by atoms with Crippen LogP contribution in [0.25, 0.3) is 21.6 Å². The lowest BCUT2D eigenvalue weighted by molar-refractivity contribution is -0.0589. The molecular formula is C31H25FN4O4S. The first-order chi connectivity index (χ1) is 20.0. The molecule has 0 radical (unpaired) electrons. The van der Waals surface area contributed by atoms with Gasteiger partial charge in [0.2, 0.25) is 5.88 Å². The summed E-state index contributed by atoms with van der Waals surface area (Å²) in [5, 5.41) is 8.92. The largest absolute Gasteiger partial charge is 0.473 e. The summed E-state index contributed by atoms with van der Waals surface area (Å²) in [6.07, 6.45) is 1.76. The van der Waals surface area contributed by atoms with Crippen LogP contribution in [0.5, 0.6) is 5.88 Å². The van der Waals surface area contributed by atoms with Crippen LogP contribution in [0.1, 0.15) is 38.6 Å². The molecule has 1 aliphatic rings. The second-order valence-corrected chi connectivity index (χ2v) is 10.7. The number of aromatic nitrogens is 3. The molecule has 1 fully saturated rings. The summed E-state index contributed by atoms with van der Waals surface area (Å²) in [6.45, 7) is 1.46. The predicted octanol–water partition coefficient (Wildman–Crippen LogP) is 5.92. The van der Waals surface area contributed by atoms with E-state index < -0.39 is 5.82 Å². The van der Waals surface area contributed by atoms with Gasteiger partial charge in [-0.3, -0.25) is 0 Å². The van der Waals surface area contributed by atoms with Crippen molar-refractivity contribution in [1.82, 2.24) is 14.5 Å². The van der Waals surface area contributed by atoms with E-state index >= 15 is 0 Å². The molecule has 0 amide bonds. The maximum Gasteiger partial charge on any atom is 0.348 e. The number of pyridine rings is 1. The minimum atomic E-state index is -0.486. The van der Waals surface area contributed by atoms with Gasteiger partial charge >= 0.3 is 5.97 Å². The van der Waals surface area contributed by atoms with E-state index in [1.165, 1.54) is 24.5 Å². The minimum Gasteiger partial charge on any atom is -0.473 e. The van der Waals surface area contributed by atoms with Gasteiger partial charge < -0.3 is 18.8 Å². The lowest BCUT2D eigenvalue weighted by Crippen LogP contribution is -2.31. The molecule has 0 aliphatic carbocycles. The van der Waals surface area contributed by atoms with Crippen molar-refractivity contribution in [3.05, 3.63) is 99.9 Å². The van der Waals surface area contributed by atoms with Crippen molar-refractivity contribution in [2.24, 2.45) is 0 Å². The van der Waals surface area contributed by atoms with Gasteiger partial charge in [0.05, 0.1) is 42.6 Å². The van der Waals surface area contributed by atoms with E-state index in [4.69, 9.17) is 24.5 Å². The van der Waals surface area contributed by atoms with Crippen molar-refractivity contribution >= 4 is 27.7 Å². The zero-order chi connectivity index (χ0) is 28.3. The molecule has 0 unspecified atom stereocenters. The summed E-state index contributed by atoms with van der Waals surface area (Å²) < 4.78 is 32.7. The number of imidazole rings is 1. The highest BCUT2D eigenvalue weighted by Gasteiger charge is 2.24. The van der Waals surface area contributed by atoms with Crippen LogP contribution < -0.4 is 4.74 Å². The molecule has 6 rings (SSSR count). The van der Waals surface area contributed by atoms with Gasteiger partial charge in [-0.25, -0.2) is 19.2 Å². The second-order valence-electron chi connectivity index (χ2n) is 9.65. The average molecular weight is 569 g/mol. The number of rotatable bonds is 9. The standard InChI is InChI=1S/C31H25FN4O4S/c1-38-31(37)27-15-26-30(41-27)35-28(36(26)17-23-11-12-39-23)14-19-5-8-21(9-6-19)25-3-2-4-29(34-25)40-18-22-10-7-20(16-33)13-24(22)32/h2-10,13,15,23H,11-12,14,17-18H2,1H3/t23-/m0/s1. The van der Waals surface area contributed by atoms with Crippen LogP contribution >= 0.6 is 11.3 Å². The van der Waals surface area contributed by atoms with Gasteiger partial charge in [0, 0.05) is 30.2 Å². The van der Waals surface area contributed by atoms with Gasteiger partial charge in [-0.05, 0) is 36.2 Å². The molecule has 0 N–H and O–H groups in total. The first-order valence-corrected chi connectivity index (χ1v) is 13.9. The second kappa shape index (κ2) is 11.5. The molecule has 1 atom stereocenters. The molecule has 41 heavy (non-hydrogen) atoms. The van der Waals surface area contributed by atoms with Crippen molar-refractivity contribution in [3.8, 4) is 23.2 Å². The Morgan fingerprint density at radius 3 is 2.71 bits per heavy atom. The summed E-state index contributed by atoms with van der Waals surface area (Å²) >= 11 is 1.33. The molecule has 10 heteroatoms. The van der Waals surface area contributed by atoms with Crippen molar-refractivity contribution in [3.63, 3.8) is 0 Å². The minimum absolute atomic E-state index is 0.00402. The Bertz CT molecular complexity index is 1770. The highest BCUT2D eigenvalue weighted by Crippen LogP contribution is 2.30. The van der Waals surface area contributed by atoms with E-state index in [0.29, 0.717) is 29.3 Å². The molecule has 1 aliphatic heterocycles. The predicted molar refractivity (Wildman–Crippen MR) is 151 cm³/mol. The number of benzene rings is 2. The highest BCUT2D eigenvalue weighted by atomic mass is 32.1. The van der Waals surface area contributed by atoms with Gasteiger partial charge in [0.25, 0.3) is 0 Å².